The van der Waals surface area contributed by atoms with Crippen molar-refractivity contribution in [2.75, 3.05) is 13.3 Å². The van der Waals surface area contributed by atoms with Crippen LogP contribution >= 0.6 is 7.41 Å². The molecule has 0 aliphatic rings. The van der Waals surface area contributed by atoms with Crippen molar-refractivity contribution in [1.29, 1.82) is 0 Å². The Morgan fingerprint density at radius 1 is 1.50 bits per heavy atom. The van der Waals surface area contributed by atoms with Gasteiger partial charge in [0.15, 0.2) is 0 Å². The van der Waals surface area contributed by atoms with Gasteiger partial charge in [-0.1, -0.05) is 0 Å². The third kappa shape index (κ3) is 22.8. The molecule has 0 bridgehead atoms. The van der Waals surface area contributed by atoms with Crippen molar-refractivity contribution in [3.8, 4) is 0 Å². The Kier molecular flexibility index (Phi) is 2.00. The second kappa shape index (κ2) is 1.78. The molecule has 0 amide bonds. The van der Waals surface area contributed by atoms with E-state index in [0.29, 0.717) is 0 Å². The van der Waals surface area contributed by atoms with Crippen molar-refractivity contribution < 1.29 is 0 Å². The summed E-state index contributed by atoms with van der Waals surface area (Å²) in [4.78, 5) is 0. The van der Waals surface area contributed by atoms with Gasteiger partial charge >= 0.3 is 27.9 Å². The average molecular weight is 73.9 g/mol. The Morgan fingerprint density at radius 3 is 1.50 bits per heavy atom. The summed E-state index contributed by atoms with van der Waals surface area (Å²) in [5.41, 5.74) is 0. The summed E-state index contributed by atoms with van der Waals surface area (Å²) in [5, 5.41) is 0. The molecular formula is C2H8BP. The Balaban J connectivity index is 2.80. The minimum atomic E-state index is -0.130. The molecule has 0 aliphatic carbocycles. The van der Waals surface area contributed by atoms with Gasteiger partial charge in [0.1, 0.15) is 0 Å². The third-order valence-electron chi connectivity index (χ3n) is 0. The monoisotopic (exact) mass is 74.0 g/mol. The van der Waals surface area contributed by atoms with Crippen molar-refractivity contribution in [3.05, 3.63) is 0 Å². The summed E-state index contributed by atoms with van der Waals surface area (Å²) in [7, 11) is 3.61. The summed E-state index contributed by atoms with van der Waals surface area (Å²) in [6.07, 6.45) is 0. The topological polar surface area (TPSA) is 0 Å². The van der Waals surface area contributed by atoms with Gasteiger partial charge in [0, 0.05) is 0 Å². The van der Waals surface area contributed by atoms with Crippen LogP contribution < -0.4 is 0 Å². The van der Waals surface area contributed by atoms with E-state index in [1.165, 1.54) is 0 Å². The summed E-state index contributed by atoms with van der Waals surface area (Å²) in [5.74, 6) is 0. The Hall–Kier alpha value is 0.495. The molecule has 0 spiro atoms. The molecule has 0 radical (unpaired) electrons. The molecule has 0 saturated heterocycles. The van der Waals surface area contributed by atoms with Gasteiger partial charge in [-0.2, -0.15) is 0 Å². The Labute approximate surface area is 28.9 Å². The molecule has 4 heavy (non-hydrogen) atoms. The van der Waals surface area contributed by atoms with E-state index >= 15 is 0 Å². The molecule has 0 aromatic rings. The van der Waals surface area contributed by atoms with Crippen LogP contribution in [0.3, 0.4) is 0 Å². The molecular weight excluding hydrogens is 65.8 g/mol. The first-order chi connectivity index (χ1) is 1.73. The maximum absolute atomic E-state index is 3.74. The second-order valence-electron chi connectivity index (χ2n) is 1.21. The van der Waals surface area contributed by atoms with E-state index in [0.717, 1.165) is 0 Å². The molecule has 0 fully saturated rings. The fourth-order valence-corrected chi connectivity index (χ4v) is 0. The van der Waals surface area contributed by atoms with E-state index in [9.17, 15) is 0 Å². The van der Waals surface area contributed by atoms with Crippen LogP contribution in [0.15, 0.2) is 0 Å². The molecule has 0 aliphatic heterocycles. The first-order valence-electron chi connectivity index (χ1n) is 1.35. The molecule has 2 heteroatoms. The number of rotatable bonds is 0. The molecule has 0 aromatic heterocycles. The van der Waals surface area contributed by atoms with Crippen molar-refractivity contribution >= 4 is 14.6 Å². The van der Waals surface area contributed by atoms with Gasteiger partial charge in [0.2, 0.25) is 0 Å². The first-order valence-corrected chi connectivity index (χ1v) is 4.06. The molecule has 0 atom stereocenters. The van der Waals surface area contributed by atoms with Gasteiger partial charge in [-0.05, 0) is 0 Å². The predicted molar refractivity (Wildman–Crippen MR) is 27.3 cm³/mol. The van der Waals surface area contributed by atoms with E-state index in [1.54, 1.807) is 0 Å². The average Bonchev–Trinajstić information content (AvgIpc) is 0.811. The van der Waals surface area contributed by atoms with E-state index in [-0.39, 0.29) is 7.41 Å². The SMILES string of the molecule is B=[PH](C)C. The molecule has 0 nitrogen and oxygen atoms in total. The van der Waals surface area contributed by atoms with Crippen LogP contribution in [0.2, 0.25) is 0 Å². The maximum atomic E-state index is 3.74. The van der Waals surface area contributed by atoms with Crippen LogP contribution in [-0.4, -0.2) is 20.5 Å². The molecule has 0 unspecified atom stereocenters. The van der Waals surface area contributed by atoms with Gasteiger partial charge < -0.3 is 0 Å². The zero-order valence-electron chi connectivity index (χ0n) is 3.21. The zero-order valence-corrected chi connectivity index (χ0v) is 4.21. The third-order valence-corrected chi connectivity index (χ3v) is 0. The van der Waals surface area contributed by atoms with Crippen LogP contribution in [0, 0.1) is 0 Å². The van der Waals surface area contributed by atoms with Crippen LogP contribution in [-0.2, 0) is 0 Å². The Morgan fingerprint density at radius 2 is 1.50 bits per heavy atom. The van der Waals surface area contributed by atoms with Gasteiger partial charge in [-0.25, -0.2) is 0 Å². The second-order valence-corrected chi connectivity index (χ2v) is 3.62. The molecule has 0 rings (SSSR count). The Bertz CT molecular complexity index is 29.0. The molecule has 0 heterocycles. The van der Waals surface area contributed by atoms with E-state index in [2.05, 4.69) is 20.5 Å². The van der Waals surface area contributed by atoms with Crippen molar-refractivity contribution in [2.24, 2.45) is 0 Å². The molecule has 0 aromatic carbocycles. The molecule has 0 N–H and O–H groups in total. The van der Waals surface area contributed by atoms with Crippen LogP contribution in [0.1, 0.15) is 0 Å². The standard InChI is InChI=1S/C2H8BP/c1-4(2)3/h3-4H,1-2H3. The van der Waals surface area contributed by atoms with Crippen molar-refractivity contribution in [3.63, 3.8) is 0 Å². The van der Waals surface area contributed by atoms with Crippen LogP contribution in [0.4, 0.5) is 0 Å². The zero-order chi connectivity index (χ0) is 3.58. The quantitative estimate of drug-likeness (QED) is 0.286. The van der Waals surface area contributed by atoms with Gasteiger partial charge in [-0.3, -0.25) is 0 Å². The van der Waals surface area contributed by atoms with Crippen LogP contribution in [0.5, 0.6) is 0 Å². The van der Waals surface area contributed by atoms with Crippen molar-refractivity contribution in [1.82, 2.24) is 0 Å². The predicted octanol–water partition coefficient (Wildman–Crippen LogP) is 0.276. The van der Waals surface area contributed by atoms with E-state index < -0.39 is 0 Å². The van der Waals surface area contributed by atoms with E-state index in [4.69, 9.17) is 0 Å². The summed E-state index contributed by atoms with van der Waals surface area (Å²) in [6, 6.07) is 0. The van der Waals surface area contributed by atoms with Crippen LogP contribution in [0.25, 0.3) is 0 Å². The molecule has 24 valence electrons. The van der Waals surface area contributed by atoms with Crippen molar-refractivity contribution in [2.45, 2.75) is 0 Å². The fourth-order valence-electron chi connectivity index (χ4n) is 0. The first kappa shape index (κ1) is 4.49. The van der Waals surface area contributed by atoms with Gasteiger partial charge in [-0.15, -0.1) is 0 Å². The van der Waals surface area contributed by atoms with Gasteiger partial charge in [0.05, 0.1) is 0 Å². The number of hydrogen-bond acceptors (Lipinski definition) is 0. The summed E-state index contributed by atoms with van der Waals surface area (Å²) < 4.78 is 0. The minimum absolute atomic E-state index is 0.130. The summed E-state index contributed by atoms with van der Waals surface area (Å²) >= 11 is 0. The van der Waals surface area contributed by atoms with E-state index in [1.807, 2.05) is 0 Å². The summed E-state index contributed by atoms with van der Waals surface area (Å²) in [6.45, 7) is 4.31. The normalized spacial score (nSPS) is 8.50. The molecule has 0 saturated carbocycles. The fraction of sp³-hybridized carbons (Fsp3) is 1.00. The number of hydrogen-bond donors (Lipinski definition) is 0. The van der Waals surface area contributed by atoms with Gasteiger partial charge in [0.25, 0.3) is 0 Å².